The largest absolute Gasteiger partial charge is 0.459 e. The molecule has 0 radical (unpaired) electrons. The molecule has 0 fully saturated rings. The Kier molecular flexibility index (Phi) is 6.24. The average molecular weight is 413 g/mol. The summed E-state index contributed by atoms with van der Waals surface area (Å²) in [5.74, 6) is 0.667. The highest BCUT2D eigenvalue weighted by Crippen LogP contribution is 2.32. The van der Waals surface area contributed by atoms with Crippen molar-refractivity contribution in [2.24, 2.45) is 0 Å². The van der Waals surface area contributed by atoms with E-state index in [0.717, 1.165) is 16.6 Å². The number of aromatic nitrogens is 2. The molecule has 29 heavy (non-hydrogen) atoms. The van der Waals surface area contributed by atoms with Crippen molar-refractivity contribution in [2.45, 2.75) is 31.6 Å². The first-order valence-electron chi connectivity index (χ1n) is 9.58. The number of imidazole rings is 1. The number of rotatable bonds is 8. The van der Waals surface area contributed by atoms with Gasteiger partial charge in [0.1, 0.15) is 5.82 Å². The highest BCUT2D eigenvalue weighted by molar-refractivity contribution is 7.08. The molecule has 0 unspecified atom stereocenters. The van der Waals surface area contributed by atoms with Crippen LogP contribution in [0.2, 0.25) is 0 Å². The molecule has 1 aliphatic heterocycles. The number of carbonyl (C=O) groups is 1. The zero-order chi connectivity index (χ0) is 20.1. The van der Waals surface area contributed by atoms with E-state index in [1.54, 1.807) is 11.3 Å². The lowest BCUT2D eigenvalue weighted by molar-refractivity contribution is -0.147. The first-order chi connectivity index (χ1) is 14.2. The number of thiophene rings is 1. The number of aromatic amines is 1. The number of allylic oxidation sites excluding steroid dienone is 1. The maximum atomic E-state index is 12.7. The lowest BCUT2D eigenvalue weighted by Crippen LogP contribution is -2.33. The predicted octanol–water partition coefficient (Wildman–Crippen LogP) is 3.05. The Labute approximate surface area is 172 Å². The van der Waals surface area contributed by atoms with Gasteiger partial charge in [-0.15, -0.1) is 0 Å². The Balaban J connectivity index is 1.44. The highest BCUT2D eigenvalue weighted by Gasteiger charge is 2.28. The molecule has 0 spiro atoms. The fourth-order valence-electron chi connectivity index (χ4n) is 3.26. The number of hydrogen-bond acceptors (Lipinski definition) is 6. The predicted molar refractivity (Wildman–Crippen MR) is 110 cm³/mol. The van der Waals surface area contributed by atoms with Crippen LogP contribution in [-0.2, 0) is 20.8 Å². The average Bonchev–Trinajstić information content (AvgIpc) is 3.41. The summed E-state index contributed by atoms with van der Waals surface area (Å²) in [7, 11) is 0. The minimum absolute atomic E-state index is 0.0427. The van der Waals surface area contributed by atoms with E-state index in [4.69, 9.17) is 14.6 Å². The number of carbonyl (C=O) groups excluding carboxylic acids is 1. The van der Waals surface area contributed by atoms with E-state index in [-0.39, 0.29) is 30.7 Å². The van der Waals surface area contributed by atoms with Gasteiger partial charge in [0.15, 0.2) is 5.76 Å². The van der Waals surface area contributed by atoms with E-state index < -0.39 is 6.29 Å². The van der Waals surface area contributed by atoms with Gasteiger partial charge in [0.05, 0.1) is 24.2 Å². The number of para-hydroxylation sites is 2. The minimum Gasteiger partial charge on any atom is -0.459 e. The monoisotopic (exact) mass is 413 g/mol. The Morgan fingerprint density at radius 2 is 2.28 bits per heavy atom. The lowest BCUT2D eigenvalue weighted by atomic mass is 9.95. The van der Waals surface area contributed by atoms with Crippen LogP contribution in [0.5, 0.6) is 0 Å². The van der Waals surface area contributed by atoms with E-state index in [0.29, 0.717) is 25.3 Å². The molecule has 2 atom stereocenters. The normalized spacial score (nSPS) is 19.0. The standard InChI is InChI=1S/C21H23N3O4S/c25-7-3-8-27-20-11-15(14-6-9-29-13-14)10-18(28-20)21(26)22-12-19-23-16-4-1-2-5-17(16)24-19/h1-2,4-6,9-10,13,15,20,25H,3,7-8,11-12H2,(H,22,26)(H,23,24)/t15-,20+/m0/s1. The number of benzene rings is 1. The van der Waals surface area contributed by atoms with E-state index in [9.17, 15) is 4.79 Å². The van der Waals surface area contributed by atoms with Gasteiger partial charge < -0.3 is 24.9 Å². The molecule has 0 saturated heterocycles. The first kappa shape index (κ1) is 19.6. The van der Waals surface area contributed by atoms with E-state index in [2.05, 4.69) is 20.7 Å². The van der Waals surface area contributed by atoms with Crippen molar-refractivity contribution in [2.75, 3.05) is 13.2 Å². The first-order valence-corrected chi connectivity index (χ1v) is 10.5. The zero-order valence-corrected chi connectivity index (χ0v) is 16.7. The molecule has 1 aliphatic rings. The molecule has 1 amide bonds. The summed E-state index contributed by atoms with van der Waals surface area (Å²) < 4.78 is 11.5. The number of nitrogens with zero attached hydrogens (tertiary/aromatic N) is 1. The van der Waals surface area contributed by atoms with Crippen molar-refractivity contribution in [3.8, 4) is 0 Å². The number of ether oxygens (including phenoxy) is 2. The molecule has 0 bridgehead atoms. The maximum absolute atomic E-state index is 12.7. The summed E-state index contributed by atoms with van der Waals surface area (Å²) in [6.07, 6.45) is 2.48. The summed E-state index contributed by atoms with van der Waals surface area (Å²) >= 11 is 1.62. The van der Waals surface area contributed by atoms with Crippen LogP contribution in [0, 0.1) is 0 Å². The summed E-state index contributed by atoms with van der Waals surface area (Å²) in [5.41, 5.74) is 2.93. The molecule has 3 N–H and O–H groups in total. The molecule has 3 heterocycles. The SMILES string of the molecule is O=C(NCc1nc2ccccc2[nH]1)C1=C[C@H](c2ccsc2)C[C@H](OCCCO)O1. The van der Waals surface area contributed by atoms with Crippen molar-refractivity contribution in [1.82, 2.24) is 15.3 Å². The Bertz CT molecular complexity index is 950. The van der Waals surface area contributed by atoms with Crippen molar-refractivity contribution in [3.05, 3.63) is 64.3 Å². The Morgan fingerprint density at radius 1 is 1.38 bits per heavy atom. The van der Waals surface area contributed by atoms with Gasteiger partial charge in [-0.2, -0.15) is 11.3 Å². The third kappa shape index (κ3) is 4.84. The van der Waals surface area contributed by atoms with Gasteiger partial charge in [-0.3, -0.25) is 4.79 Å². The van der Waals surface area contributed by atoms with Gasteiger partial charge in [0, 0.05) is 18.9 Å². The second-order valence-electron chi connectivity index (χ2n) is 6.81. The second kappa shape index (κ2) is 9.21. The maximum Gasteiger partial charge on any atom is 0.286 e. The van der Waals surface area contributed by atoms with Crippen molar-refractivity contribution in [1.29, 1.82) is 0 Å². The zero-order valence-electron chi connectivity index (χ0n) is 15.8. The number of aliphatic hydroxyl groups is 1. The van der Waals surface area contributed by atoms with Crippen LogP contribution in [0.15, 0.2) is 52.9 Å². The molecule has 152 valence electrons. The third-order valence-corrected chi connectivity index (χ3v) is 5.41. The number of fused-ring (bicyclic) bond motifs is 1. The van der Waals surface area contributed by atoms with E-state index in [1.807, 2.05) is 41.8 Å². The van der Waals surface area contributed by atoms with Crippen molar-refractivity contribution >= 4 is 28.3 Å². The van der Waals surface area contributed by atoms with Gasteiger partial charge >= 0.3 is 0 Å². The topological polar surface area (TPSA) is 96.5 Å². The second-order valence-corrected chi connectivity index (χ2v) is 7.59. The molecular weight excluding hydrogens is 390 g/mol. The molecule has 8 heteroatoms. The van der Waals surface area contributed by atoms with Crippen LogP contribution < -0.4 is 5.32 Å². The quantitative estimate of drug-likeness (QED) is 0.493. The van der Waals surface area contributed by atoms with Crippen LogP contribution in [0.1, 0.15) is 30.1 Å². The lowest BCUT2D eigenvalue weighted by Gasteiger charge is -2.28. The number of nitrogens with one attached hydrogen (secondary N) is 2. The van der Waals surface area contributed by atoms with Crippen LogP contribution in [0.25, 0.3) is 11.0 Å². The van der Waals surface area contributed by atoms with E-state index >= 15 is 0 Å². The molecule has 1 aromatic carbocycles. The van der Waals surface area contributed by atoms with Gasteiger partial charge in [0.25, 0.3) is 5.91 Å². The summed E-state index contributed by atoms with van der Waals surface area (Å²) in [6.45, 7) is 0.708. The van der Waals surface area contributed by atoms with Gasteiger partial charge in [-0.1, -0.05) is 12.1 Å². The molecule has 0 saturated carbocycles. The number of hydrogen-bond donors (Lipinski definition) is 3. The molecule has 3 aromatic rings. The third-order valence-electron chi connectivity index (χ3n) is 4.71. The van der Waals surface area contributed by atoms with Crippen LogP contribution in [-0.4, -0.2) is 40.5 Å². The number of aliphatic hydroxyl groups excluding tert-OH is 1. The summed E-state index contributed by atoms with van der Waals surface area (Å²) in [4.78, 5) is 20.4. The minimum atomic E-state index is -0.525. The Hall–Kier alpha value is -2.68. The summed E-state index contributed by atoms with van der Waals surface area (Å²) in [6, 6.07) is 9.77. The van der Waals surface area contributed by atoms with Crippen LogP contribution in [0.4, 0.5) is 0 Å². The highest BCUT2D eigenvalue weighted by atomic mass is 32.1. The van der Waals surface area contributed by atoms with Crippen LogP contribution >= 0.6 is 11.3 Å². The molecule has 7 nitrogen and oxygen atoms in total. The van der Waals surface area contributed by atoms with Gasteiger partial charge in [-0.25, -0.2) is 4.98 Å². The number of amides is 1. The molecule has 0 aliphatic carbocycles. The smallest absolute Gasteiger partial charge is 0.286 e. The fourth-order valence-corrected chi connectivity index (χ4v) is 3.98. The van der Waals surface area contributed by atoms with Crippen molar-refractivity contribution < 1.29 is 19.4 Å². The van der Waals surface area contributed by atoms with Gasteiger partial charge in [0.2, 0.25) is 6.29 Å². The molecular formula is C21H23N3O4S. The summed E-state index contributed by atoms with van der Waals surface area (Å²) in [5, 5.41) is 15.9. The van der Waals surface area contributed by atoms with Crippen molar-refractivity contribution in [3.63, 3.8) is 0 Å². The van der Waals surface area contributed by atoms with E-state index in [1.165, 1.54) is 0 Å². The number of H-pyrrole nitrogens is 1. The molecule has 2 aromatic heterocycles. The Morgan fingerprint density at radius 3 is 3.07 bits per heavy atom. The van der Waals surface area contributed by atoms with Gasteiger partial charge in [-0.05, 0) is 47.0 Å². The van der Waals surface area contributed by atoms with Crippen LogP contribution in [0.3, 0.4) is 0 Å². The molecule has 4 rings (SSSR count). The fraction of sp³-hybridized carbons (Fsp3) is 0.333.